The minimum atomic E-state index is -0.753. The number of carbonyl (C=O) groups excluding carboxylic acids is 2. The predicted molar refractivity (Wildman–Crippen MR) is 130 cm³/mol. The first-order valence-electron chi connectivity index (χ1n) is 11.1. The molecule has 0 saturated carbocycles. The van der Waals surface area contributed by atoms with E-state index >= 15 is 0 Å². The summed E-state index contributed by atoms with van der Waals surface area (Å²) in [5, 5.41) is 3.14. The number of methoxy groups -OCH3 is 1. The van der Waals surface area contributed by atoms with Crippen molar-refractivity contribution in [3.05, 3.63) is 54.3 Å². The average Bonchev–Trinajstić information content (AvgIpc) is 3.08. The minimum absolute atomic E-state index is 0.0637. The molecule has 2 saturated heterocycles. The molecule has 10 heteroatoms. The van der Waals surface area contributed by atoms with Crippen LogP contribution in [-0.4, -0.2) is 79.3 Å². The highest BCUT2D eigenvalue weighted by Gasteiger charge is 2.44. The van der Waals surface area contributed by atoms with Crippen LogP contribution in [0, 0.1) is 5.82 Å². The number of carbonyl (C=O) groups is 2. The highest BCUT2D eigenvalue weighted by molar-refractivity contribution is 7.80. The second-order valence-corrected chi connectivity index (χ2v) is 8.44. The molecule has 0 radical (unpaired) electrons. The molecule has 1 N–H and O–H groups in total. The van der Waals surface area contributed by atoms with Gasteiger partial charge in [0, 0.05) is 31.9 Å². The summed E-state index contributed by atoms with van der Waals surface area (Å²) >= 11 is 5.66. The van der Waals surface area contributed by atoms with Crippen molar-refractivity contribution in [2.45, 2.75) is 12.5 Å². The maximum Gasteiger partial charge on any atom is 0.256 e. The third-order valence-electron chi connectivity index (χ3n) is 5.92. The predicted octanol–water partition coefficient (Wildman–Crippen LogP) is 2.50. The number of anilines is 2. The van der Waals surface area contributed by atoms with E-state index in [0.717, 1.165) is 13.1 Å². The van der Waals surface area contributed by atoms with Crippen molar-refractivity contribution in [3.63, 3.8) is 0 Å². The molecule has 2 aromatic carbocycles. The first-order valence-corrected chi connectivity index (χ1v) is 11.5. The molecule has 0 bridgehead atoms. The van der Waals surface area contributed by atoms with Crippen molar-refractivity contribution in [2.24, 2.45) is 0 Å². The van der Waals surface area contributed by atoms with Crippen LogP contribution >= 0.6 is 12.2 Å². The van der Waals surface area contributed by atoms with Gasteiger partial charge in [-0.1, -0.05) is 0 Å². The number of hydrogen-bond donors (Lipinski definition) is 1. The highest BCUT2D eigenvalue weighted by Crippen LogP contribution is 2.28. The van der Waals surface area contributed by atoms with Gasteiger partial charge in [-0.15, -0.1) is 0 Å². The van der Waals surface area contributed by atoms with Crippen molar-refractivity contribution < 1.29 is 23.5 Å². The molecule has 2 fully saturated rings. The van der Waals surface area contributed by atoms with Gasteiger partial charge in [-0.05, 0) is 60.7 Å². The van der Waals surface area contributed by atoms with Gasteiger partial charge >= 0.3 is 0 Å². The van der Waals surface area contributed by atoms with Gasteiger partial charge in [0.15, 0.2) is 5.11 Å². The molecule has 0 aliphatic carbocycles. The van der Waals surface area contributed by atoms with Crippen LogP contribution in [0.25, 0.3) is 0 Å². The van der Waals surface area contributed by atoms with Crippen LogP contribution in [0.4, 0.5) is 15.8 Å². The van der Waals surface area contributed by atoms with E-state index in [4.69, 9.17) is 21.7 Å². The lowest BCUT2D eigenvalue weighted by Gasteiger charge is -2.30. The van der Waals surface area contributed by atoms with Crippen LogP contribution in [0.3, 0.4) is 0 Å². The molecule has 8 nitrogen and oxygen atoms in total. The number of ether oxygens (including phenoxy) is 2. The lowest BCUT2D eigenvalue weighted by Crippen LogP contribution is -2.45. The van der Waals surface area contributed by atoms with Gasteiger partial charge in [-0.2, -0.15) is 0 Å². The van der Waals surface area contributed by atoms with Crippen molar-refractivity contribution in [1.82, 2.24) is 9.80 Å². The van der Waals surface area contributed by atoms with E-state index in [-0.39, 0.29) is 18.2 Å². The Balaban J connectivity index is 1.50. The molecule has 1 atom stereocenters. The van der Waals surface area contributed by atoms with E-state index < -0.39 is 11.9 Å². The number of benzene rings is 2. The van der Waals surface area contributed by atoms with Gasteiger partial charge in [-0.25, -0.2) is 4.39 Å². The van der Waals surface area contributed by atoms with Crippen LogP contribution in [0.5, 0.6) is 5.75 Å². The maximum absolute atomic E-state index is 13.5. The number of nitrogens with zero attached hydrogens (tertiary/aromatic N) is 3. The van der Waals surface area contributed by atoms with Crippen molar-refractivity contribution >= 4 is 40.5 Å². The van der Waals surface area contributed by atoms with E-state index in [1.165, 1.54) is 29.2 Å². The lowest BCUT2D eigenvalue weighted by atomic mass is 10.1. The molecule has 2 aliphatic rings. The smallest absolute Gasteiger partial charge is 0.256 e. The number of thiocarbonyl (C=S) groups is 1. The summed E-state index contributed by atoms with van der Waals surface area (Å²) in [6.07, 6.45) is -0.0637. The summed E-state index contributed by atoms with van der Waals surface area (Å²) in [5.41, 5.74) is 1.08. The summed E-state index contributed by atoms with van der Waals surface area (Å²) in [6, 6.07) is 11.8. The largest absolute Gasteiger partial charge is 0.497 e. The first-order chi connectivity index (χ1) is 16.5. The Bertz CT molecular complexity index is 1030. The quantitative estimate of drug-likeness (QED) is 0.575. The molecule has 2 amide bonds. The number of amides is 2. The lowest BCUT2D eigenvalue weighted by molar-refractivity contribution is -0.124. The Kier molecular flexibility index (Phi) is 7.71. The zero-order valence-corrected chi connectivity index (χ0v) is 19.7. The minimum Gasteiger partial charge on any atom is -0.497 e. The molecular weight excluding hydrogens is 459 g/mol. The Morgan fingerprint density at radius 2 is 1.79 bits per heavy atom. The molecule has 2 aliphatic heterocycles. The number of rotatable bonds is 8. The van der Waals surface area contributed by atoms with Gasteiger partial charge in [-0.3, -0.25) is 19.4 Å². The van der Waals surface area contributed by atoms with Crippen molar-refractivity contribution in [1.29, 1.82) is 0 Å². The third-order valence-corrected chi connectivity index (χ3v) is 6.33. The summed E-state index contributed by atoms with van der Waals surface area (Å²) < 4.78 is 24.0. The van der Waals surface area contributed by atoms with E-state index in [1.54, 1.807) is 36.3 Å². The van der Waals surface area contributed by atoms with Crippen LogP contribution in [0.1, 0.15) is 6.42 Å². The standard InChI is InChI=1S/C24H27FN4O4S/c1-32-20-8-4-18(5-9-20)26-22(30)16-21-23(31)29(19-6-2-17(25)3-7-19)24(34)28(21)11-10-27-12-14-33-15-13-27/h2-9,21H,10-16H2,1H3,(H,26,30). The molecule has 34 heavy (non-hydrogen) atoms. The SMILES string of the molecule is COc1ccc(NC(=O)CC2C(=O)N(c3ccc(F)cc3)C(=S)N2CCN2CCOCC2)cc1. The van der Waals surface area contributed by atoms with Crippen LogP contribution < -0.4 is 15.0 Å². The Hall–Kier alpha value is -3.08. The van der Waals surface area contributed by atoms with E-state index in [0.29, 0.717) is 48.5 Å². The molecule has 0 spiro atoms. The monoisotopic (exact) mass is 486 g/mol. The van der Waals surface area contributed by atoms with Gasteiger partial charge in [0.2, 0.25) is 5.91 Å². The number of nitrogens with one attached hydrogen (secondary N) is 1. The van der Waals surface area contributed by atoms with Gasteiger partial charge in [0.1, 0.15) is 17.6 Å². The van der Waals surface area contributed by atoms with E-state index in [1.807, 2.05) is 0 Å². The molecule has 4 rings (SSSR count). The molecule has 180 valence electrons. The summed E-state index contributed by atoms with van der Waals surface area (Å²) in [7, 11) is 1.57. The normalized spacial score (nSPS) is 18.9. The molecule has 0 aromatic heterocycles. The fourth-order valence-corrected chi connectivity index (χ4v) is 4.47. The highest BCUT2D eigenvalue weighted by atomic mass is 32.1. The van der Waals surface area contributed by atoms with Crippen molar-refractivity contribution in [2.75, 3.05) is 56.7 Å². The number of morpholine rings is 1. The fourth-order valence-electron chi connectivity index (χ4n) is 4.05. The first kappa shape index (κ1) is 24.1. The summed E-state index contributed by atoms with van der Waals surface area (Å²) in [6.45, 7) is 4.11. The average molecular weight is 487 g/mol. The van der Waals surface area contributed by atoms with Crippen molar-refractivity contribution in [3.8, 4) is 5.75 Å². The topological polar surface area (TPSA) is 74.4 Å². The van der Waals surface area contributed by atoms with E-state index in [2.05, 4.69) is 10.2 Å². The van der Waals surface area contributed by atoms with Gasteiger partial charge in [0.25, 0.3) is 5.91 Å². The van der Waals surface area contributed by atoms with Gasteiger partial charge in [0.05, 0.1) is 32.4 Å². The molecule has 2 heterocycles. The van der Waals surface area contributed by atoms with Crippen LogP contribution in [0.15, 0.2) is 48.5 Å². The second-order valence-electron chi connectivity index (χ2n) is 8.08. The Labute approximate surface area is 203 Å². The number of hydrogen-bond acceptors (Lipinski definition) is 6. The summed E-state index contributed by atoms with van der Waals surface area (Å²) in [4.78, 5) is 31.7. The molecular formula is C24H27FN4O4S. The Morgan fingerprint density at radius 1 is 1.12 bits per heavy atom. The second kappa shape index (κ2) is 10.9. The van der Waals surface area contributed by atoms with Gasteiger partial charge < -0.3 is 19.7 Å². The fraction of sp³-hybridized carbons (Fsp3) is 0.375. The molecule has 1 unspecified atom stereocenters. The summed E-state index contributed by atoms with van der Waals surface area (Å²) in [5.74, 6) is -0.327. The van der Waals surface area contributed by atoms with Crippen LogP contribution in [0.2, 0.25) is 0 Å². The maximum atomic E-state index is 13.5. The zero-order valence-electron chi connectivity index (χ0n) is 18.9. The third kappa shape index (κ3) is 5.52. The zero-order chi connectivity index (χ0) is 24.1. The van der Waals surface area contributed by atoms with Crippen LogP contribution in [-0.2, 0) is 14.3 Å². The molecule has 2 aromatic rings. The Morgan fingerprint density at radius 3 is 2.44 bits per heavy atom. The number of halogens is 1. The van der Waals surface area contributed by atoms with E-state index in [9.17, 15) is 14.0 Å².